The van der Waals surface area contributed by atoms with Gasteiger partial charge in [0, 0.05) is 20.5 Å². The summed E-state index contributed by atoms with van der Waals surface area (Å²) in [5.41, 5.74) is 16.6. The van der Waals surface area contributed by atoms with Gasteiger partial charge in [-0.15, -0.1) is 126 Å². The van der Waals surface area contributed by atoms with E-state index in [4.69, 9.17) is 34.1 Å². The van der Waals surface area contributed by atoms with Crippen molar-refractivity contribution in [1.29, 1.82) is 0 Å². The summed E-state index contributed by atoms with van der Waals surface area (Å²) in [4.78, 5) is 0. The van der Waals surface area contributed by atoms with Gasteiger partial charge in [-0.05, 0) is 34.8 Å². The fraction of sp³-hybridized carbons (Fsp3) is 0.306. The van der Waals surface area contributed by atoms with Crippen LogP contribution in [0.15, 0.2) is 170 Å². The molecule has 0 N–H and O–H groups in total. The number of hydrogen-bond acceptors (Lipinski definition) is 0. The van der Waals surface area contributed by atoms with E-state index in [0.717, 1.165) is 12.8 Å². The van der Waals surface area contributed by atoms with Gasteiger partial charge in [-0.1, -0.05) is 227 Å². The Balaban J connectivity index is 0.000000335. The second-order valence-electron chi connectivity index (χ2n) is 20.9. The Bertz CT molecular complexity index is 3010. The Labute approximate surface area is 529 Å². The standard InChI is InChI=1S/2C16H13.2C16H21.C6H12.2CH3Si.4ClH.2Zr/c2*1-12-10-14-8-5-9-15(16(14)11-12)13-6-3-2-4-7-13;2*1-10(2)13-8-14-6-12(5)7-16(14)15(9-13)11(3)4;1-3-5-6-4-2;2*1-2;;;;;;/h2*2-11H,1H3;2*6-11H,1-5H3;1-6H2;2*1H3;4*1H;;/q4*-1;-2;;;;;;;2*+2/p-4. The summed E-state index contributed by atoms with van der Waals surface area (Å²) in [5, 5.41) is 11.1. The monoisotopic (exact) mass is 1330 g/mol. The van der Waals surface area contributed by atoms with E-state index in [2.05, 4.69) is 287 Å². The molecule has 80 heavy (non-hydrogen) atoms. The van der Waals surface area contributed by atoms with Crippen LogP contribution in [0.2, 0.25) is 13.1 Å². The van der Waals surface area contributed by atoms with Crippen LogP contribution in [0.4, 0.5) is 0 Å². The van der Waals surface area contributed by atoms with Crippen LogP contribution in [0, 0.1) is 41.5 Å². The van der Waals surface area contributed by atoms with E-state index < -0.39 is 41.7 Å². The summed E-state index contributed by atoms with van der Waals surface area (Å²) in [6.07, 6.45) is 4.61. The molecule has 0 saturated carbocycles. The van der Waals surface area contributed by atoms with E-state index >= 15 is 0 Å². The van der Waals surface area contributed by atoms with Gasteiger partial charge in [0.25, 0.3) is 0 Å². The first-order valence-electron chi connectivity index (χ1n) is 27.8. The van der Waals surface area contributed by atoms with Crippen LogP contribution >= 0.6 is 34.1 Å². The molecule has 0 aliphatic heterocycles. The number of benzene rings is 6. The summed E-state index contributed by atoms with van der Waals surface area (Å²) < 4.78 is 0. The van der Waals surface area contributed by atoms with Crippen molar-refractivity contribution in [2.45, 2.75) is 146 Å². The summed E-state index contributed by atoms with van der Waals surface area (Å²) in [5.74, 6) is 2.42. The molecule has 424 valence electrons. The van der Waals surface area contributed by atoms with Gasteiger partial charge in [0.2, 0.25) is 0 Å². The first-order chi connectivity index (χ1) is 38.4. The van der Waals surface area contributed by atoms with Crippen molar-refractivity contribution >= 4 is 97.6 Å². The van der Waals surface area contributed by atoms with Gasteiger partial charge in [0.1, 0.15) is 0 Å². The van der Waals surface area contributed by atoms with Crippen molar-refractivity contribution in [2.75, 3.05) is 0 Å². The predicted octanol–water partition coefficient (Wildman–Crippen LogP) is 24.7. The van der Waals surface area contributed by atoms with Crippen molar-refractivity contribution in [3.05, 3.63) is 228 Å². The zero-order valence-electron chi connectivity index (χ0n) is 50.2. The van der Waals surface area contributed by atoms with Crippen LogP contribution in [0.5, 0.6) is 0 Å². The fourth-order valence-electron chi connectivity index (χ4n) is 9.53. The third-order valence-corrected chi connectivity index (χ3v) is 13.3. The van der Waals surface area contributed by atoms with Crippen LogP contribution in [0.1, 0.15) is 149 Å². The number of fused-ring (bicyclic) bond motifs is 4. The molecular weight excluding hydrogens is 1250 g/mol. The molecule has 0 heterocycles. The van der Waals surface area contributed by atoms with Crippen molar-refractivity contribution in [3.8, 4) is 22.3 Å². The molecule has 0 nitrogen and oxygen atoms in total. The van der Waals surface area contributed by atoms with E-state index in [9.17, 15) is 0 Å². The first kappa shape index (κ1) is 73.2. The molecule has 0 bridgehead atoms. The zero-order valence-corrected chi connectivity index (χ0v) is 60.2. The van der Waals surface area contributed by atoms with Gasteiger partial charge >= 0.3 is 75.7 Å². The molecule has 0 aromatic heterocycles. The number of rotatable bonds is 9. The van der Waals surface area contributed by atoms with Crippen LogP contribution < -0.4 is 0 Å². The van der Waals surface area contributed by atoms with Gasteiger partial charge in [-0.2, -0.15) is 37.1 Å². The molecule has 0 spiro atoms. The summed E-state index contributed by atoms with van der Waals surface area (Å²) >= 11 is -1.65. The molecule has 10 aromatic carbocycles. The number of aryl methyl sites for hydroxylation is 4. The molecule has 0 amide bonds. The average molecular weight is 1330 g/mol. The summed E-state index contributed by atoms with van der Waals surface area (Å²) in [6.45, 7) is 37.8. The van der Waals surface area contributed by atoms with Gasteiger partial charge in [-0.25, -0.2) is 0 Å². The second-order valence-corrected chi connectivity index (χ2v) is 28.3. The summed E-state index contributed by atoms with van der Waals surface area (Å²) in [7, 11) is 25.7. The Morgan fingerprint density at radius 3 is 0.938 bits per heavy atom. The molecule has 0 atom stereocenters. The van der Waals surface area contributed by atoms with Crippen molar-refractivity contribution < 1.29 is 41.7 Å². The number of hydrogen-bond donors (Lipinski definition) is 0. The molecule has 8 heteroatoms. The molecule has 0 fully saturated rings. The molecule has 0 unspecified atom stereocenters. The van der Waals surface area contributed by atoms with Crippen LogP contribution in [0.3, 0.4) is 0 Å². The van der Waals surface area contributed by atoms with E-state index in [1.54, 1.807) is 13.1 Å². The molecule has 0 saturated heterocycles. The molecule has 0 aliphatic rings. The molecule has 10 aromatic rings. The molecule has 10 rings (SSSR count). The fourth-order valence-corrected chi connectivity index (χ4v) is 9.53. The Kier molecular flexibility index (Phi) is 37.0. The van der Waals surface area contributed by atoms with Gasteiger partial charge < -0.3 is 13.8 Å². The Hall–Kier alpha value is -2.88. The SMILES string of the molecule is C[Si].C[Si].Cc1cc2c(-c3ccccc3)cccc2[cH-]1.Cc1cc2c(-c3ccccc3)cccc2[cH-]1.Cc1cc2c(C(C)C)cc(C(C)C)cc2[cH-]1.Cc1cc2c(C(C)C)cc(C(C)C)cc2[cH-]1.[CH2-]CCCC[CH2-].[Cl][Zr][Cl].[Cl][Zr][Cl]. The van der Waals surface area contributed by atoms with Gasteiger partial charge in [0.15, 0.2) is 0 Å². The quantitative estimate of drug-likeness (QED) is 0.0768. The van der Waals surface area contributed by atoms with E-state index in [-0.39, 0.29) is 0 Å². The van der Waals surface area contributed by atoms with Gasteiger partial charge in [-0.3, -0.25) is 0 Å². The zero-order chi connectivity index (χ0) is 59.9. The van der Waals surface area contributed by atoms with Crippen molar-refractivity contribution in [2.24, 2.45) is 0 Å². The molecule has 6 radical (unpaired) electrons. The molecular formula is C72H86Cl4Si2Zr2-6. The van der Waals surface area contributed by atoms with E-state index in [1.807, 2.05) is 0 Å². The molecule has 0 aliphatic carbocycles. The van der Waals surface area contributed by atoms with E-state index in [1.165, 1.54) is 123 Å². The van der Waals surface area contributed by atoms with Gasteiger partial charge in [0.05, 0.1) is 0 Å². The van der Waals surface area contributed by atoms with Crippen molar-refractivity contribution in [1.82, 2.24) is 0 Å². The Morgan fingerprint density at radius 2 is 0.662 bits per heavy atom. The van der Waals surface area contributed by atoms with Crippen LogP contribution in [-0.2, 0) is 41.7 Å². The second kappa shape index (κ2) is 40.4. The van der Waals surface area contributed by atoms with E-state index in [0.29, 0.717) is 23.7 Å². The van der Waals surface area contributed by atoms with Crippen LogP contribution in [0.25, 0.3) is 65.3 Å². The normalized spacial score (nSPS) is 10.3. The number of halogens is 4. The number of unbranched alkanes of at least 4 members (excludes halogenated alkanes) is 3. The third-order valence-electron chi connectivity index (χ3n) is 13.3. The maximum absolute atomic E-state index is 4.93. The maximum atomic E-state index is 4.93. The van der Waals surface area contributed by atoms with Crippen LogP contribution in [-0.4, -0.2) is 20.5 Å². The topological polar surface area (TPSA) is 0 Å². The average Bonchev–Trinajstić information content (AvgIpc) is 4.34. The predicted molar refractivity (Wildman–Crippen MR) is 360 cm³/mol. The Morgan fingerprint density at radius 1 is 0.375 bits per heavy atom. The summed E-state index contributed by atoms with van der Waals surface area (Å²) in [6, 6.07) is 61.8. The minimum atomic E-state index is -0.826. The minimum absolute atomic E-state index is 0.600. The first-order valence-corrected chi connectivity index (χ1v) is 42.4. The third kappa shape index (κ3) is 23.6. The van der Waals surface area contributed by atoms with Crippen molar-refractivity contribution in [3.63, 3.8) is 0 Å².